The van der Waals surface area contributed by atoms with Gasteiger partial charge in [-0.25, -0.2) is 0 Å². The van der Waals surface area contributed by atoms with E-state index in [1.54, 1.807) is 0 Å². The highest BCUT2D eigenvalue weighted by Gasteiger charge is 2.37. The number of likely N-dealkylation sites (tertiary alicyclic amines) is 2. The van der Waals surface area contributed by atoms with E-state index in [4.69, 9.17) is 0 Å². The van der Waals surface area contributed by atoms with Gasteiger partial charge in [0.1, 0.15) is 0 Å². The monoisotopic (exact) mass is 461 g/mol. The van der Waals surface area contributed by atoms with Crippen LogP contribution in [0.25, 0.3) is 0 Å². The molecule has 0 amide bonds. The first-order valence-corrected chi connectivity index (χ1v) is 13.3. The van der Waals surface area contributed by atoms with Gasteiger partial charge in [-0.2, -0.15) is 0 Å². The lowest BCUT2D eigenvalue weighted by Gasteiger charge is -2.47. The summed E-state index contributed by atoms with van der Waals surface area (Å²) in [6.07, 6.45) is 4.24. The van der Waals surface area contributed by atoms with E-state index >= 15 is 0 Å². The van der Waals surface area contributed by atoms with Crippen molar-refractivity contribution in [3.63, 3.8) is 0 Å². The fourth-order valence-corrected chi connectivity index (χ4v) is 4.14. The number of nitrogens with zero attached hydrogens (tertiary/aromatic N) is 3. The molecule has 3 rings (SSSR count). The molecule has 0 bridgehead atoms. The molecule has 0 unspecified atom stereocenters. The zero-order valence-electron chi connectivity index (χ0n) is 22.2. The lowest BCUT2D eigenvalue weighted by Crippen LogP contribution is -2.53. The molecule has 0 aromatic carbocycles. The number of hydrogen-bond acceptors (Lipinski definition) is 4. The Balaban J connectivity index is -0.000000183. The molecule has 3 aliphatic rings. The second-order valence-corrected chi connectivity index (χ2v) is 10.3. The van der Waals surface area contributed by atoms with Gasteiger partial charge in [-0.15, -0.1) is 0 Å². The zero-order valence-corrected chi connectivity index (χ0v) is 23.0. The fraction of sp³-hybridized carbons (Fsp3) is 0.963. The van der Waals surface area contributed by atoms with Crippen molar-refractivity contribution in [2.24, 2.45) is 16.3 Å². The van der Waals surface area contributed by atoms with E-state index in [2.05, 4.69) is 56.3 Å². The van der Waals surface area contributed by atoms with Crippen molar-refractivity contribution in [3.05, 3.63) is 0 Å². The maximum Gasteiger partial charge on any atom is 0.159 e. The smallest absolute Gasteiger partial charge is 0.159 e. The van der Waals surface area contributed by atoms with Crippen LogP contribution in [0.4, 0.5) is 0 Å². The molecule has 0 atom stereocenters. The molecule has 0 spiro atoms. The number of rotatable bonds is 0. The number of hydrogen-bond donors (Lipinski definition) is 0. The zero-order chi connectivity index (χ0) is 23.1. The summed E-state index contributed by atoms with van der Waals surface area (Å²) in [5.74, 6) is 2.04. The molecule has 192 valence electrons. The lowest BCUT2D eigenvalue weighted by molar-refractivity contribution is 0.0813. The Bertz CT molecular complexity index is 396. The topological polar surface area (TPSA) is 18.8 Å². The second-order valence-electron chi connectivity index (χ2n) is 9.20. The van der Waals surface area contributed by atoms with E-state index in [-0.39, 0.29) is 14.9 Å². The van der Waals surface area contributed by atoms with E-state index < -0.39 is 0 Å². The lowest BCUT2D eigenvalue weighted by atomic mass is 9.76. The summed E-state index contributed by atoms with van der Waals surface area (Å²) < 4.78 is 0. The third-order valence-corrected chi connectivity index (χ3v) is 6.28. The van der Waals surface area contributed by atoms with Crippen molar-refractivity contribution >= 4 is 16.9 Å². The van der Waals surface area contributed by atoms with Crippen molar-refractivity contribution in [1.29, 1.82) is 0 Å². The first-order chi connectivity index (χ1) is 13.7. The molecule has 31 heavy (non-hydrogen) atoms. The van der Waals surface area contributed by atoms with Crippen molar-refractivity contribution in [3.8, 4) is 0 Å². The van der Waals surface area contributed by atoms with Gasteiger partial charge < -0.3 is 4.90 Å². The molecule has 0 N–H and O–H groups in total. The van der Waals surface area contributed by atoms with Gasteiger partial charge in [0, 0.05) is 24.4 Å². The van der Waals surface area contributed by atoms with Gasteiger partial charge in [-0.1, -0.05) is 95.3 Å². The molecule has 3 aliphatic heterocycles. The standard InChI is InChI=1S/C10H18N2S.C9H19N.3C2H6.2CH4/c1-10(2,3)8-6-12(7-8)9-11-4-5-13-9;1-9(2,3)10-7-5-4-6-8-10;3*1-2;;/h8H,4-7H2,1-3H3;4-8H2,1-3H3;3*1-2H3;2*1H4. The summed E-state index contributed by atoms with van der Waals surface area (Å²) in [6, 6.07) is 0. The minimum atomic E-state index is 0. The van der Waals surface area contributed by atoms with Gasteiger partial charge in [0.25, 0.3) is 0 Å². The highest BCUT2D eigenvalue weighted by molar-refractivity contribution is 8.14. The fourth-order valence-electron chi connectivity index (χ4n) is 3.26. The highest BCUT2D eigenvalue weighted by Crippen LogP contribution is 2.35. The molecule has 0 radical (unpaired) electrons. The van der Waals surface area contributed by atoms with Crippen LogP contribution in [-0.2, 0) is 0 Å². The Hall–Kier alpha value is -0.220. The van der Waals surface area contributed by atoms with E-state index in [0.29, 0.717) is 11.0 Å². The van der Waals surface area contributed by atoms with E-state index in [9.17, 15) is 0 Å². The van der Waals surface area contributed by atoms with Crippen molar-refractivity contribution in [1.82, 2.24) is 9.80 Å². The molecule has 3 heterocycles. The van der Waals surface area contributed by atoms with Gasteiger partial charge >= 0.3 is 0 Å². The Kier molecular flexibility index (Phi) is 25.0. The van der Waals surface area contributed by atoms with Crippen LogP contribution in [0.2, 0.25) is 0 Å². The normalized spacial score (nSPS) is 18.3. The Labute approximate surface area is 204 Å². The van der Waals surface area contributed by atoms with Gasteiger partial charge in [0.05, 0.1) is 6.54 Å². The first kappa shape index (κ1) is 38.1. The summed E-state index contributed by atoms with van der Waals surface area (Å²) in [7, 11) is 0. The molecule has 0 aromatic rings. The summed E-state index contributed by atoms with van der Waals surface area (Å²) in [5, 5.41) is 1.29. The summed E-state index contributed by atoms with van der Waals surface area (Å²) in [4.78, 5) is 9.48. The van der Waals surface area contributed by atoms with E-state index in [0.717, 1.165) is 12.5 Å². The molecular formula is C27H63N3S. The minimum Gasteiger partial charge on any atom is -0.351 e. The van der Waals surface area contributed by atoms with Crippen molar-refractivity contribution in [2.45, 2.75) is 123 Å². The molecule has 2 fully saturated rings. The van der Waals surface area contributed by atoms with Crippen LogP contribution < -0.4 is 0 Å². The van der Waals surface area contributed by atoms with Crippen LogP contribution in [0, 0.1) is 11.3 Å². The van der Waals surface area contributed by atoms with Crippen LogP contribution in [0.15, 0.2) is 4.99 Å². The van der Waals surface area contributed by atoms with Gasteiger partial charge in [-0.05, 0) is 58.0 Å². The molecule has 2 saturated heterocycles. The predicted molar refractivity (Wildman–Crippen MR) is 152 cm³/mol. The van der Waals surface area contributed by atoms with Crippen molar-refractivity contribution in [2.75, 3.05) is 38.5 Å². The van der Waals surface area contributed by atoms with E-state index in [1.807, 2.05) is 53.3 Å². The molecule has 0 aliphatic carbocycles. The predicted octanol–water partition coefficient (Wildman–Crippen LogP) is 8.69. The number of amidine groups is 1. The van der Waals surface area contributed by atoms with Crippen LogP contribution in [0.5, 0.6) is 0 Å². The maximum atomic E-state index is 4.48. The molecule has 3 nitrogen and oxygen atoms in total. The highest BCUT2D eigenvalue weighted by atomic mass is 32.2. The average Bonchev–Trinajstić information content (AvgIpc) is 3.19. The Morgan fingerprint density at radius 2 is 1.23 bits per heavy atom. The summed E-state index contributed by atoms with van der Waals surface area (Å²) in [6.45, 7) is 32.0. The maximum absolute atomic E-state index is 4.48. The first-order valence-electron chi connectivity index (χ1n) is 12.3. The van der Waals surface area contributed by atoms with Gasteiger partial charge in [-0.3, -0.25) is 9.89 Å². The average molecular weight is 462 g/mol. The third-order valence-electron chi connectivity index (χ3n) is 5.25. The van der Waals surface area contributed by atoms with Crippen molar-refractivity contribution < 1.29 is 0 Å². The Morgan fingerprint density at radius 3 is 1.52 bits per heavy atom. The molecular weight excluding hydrogens is 398 g/mol. The quantitative estimate of drug-likeness (QED) is 0.359. The van der Waals surface area contributed by atoms with Gasteiger partial charge in [0.15, 0.2) is 5.17 Å². The minimum absolute atomic E-state index is 0. The van der Waals surface area contributed by atoms with Gasteiger partial charge in [0.2, 0.25) is 0 Å². The second kappa shape index (κ2) is 20.4. The van der Waals surface area contributed by atoms with Crippen LogP contribution in [0.1, 0.15) is 117 Å². The number of thioether (sulfide) groups is 1. The molecule has 0 aromatic heterocycles. The Morgan fingerprint density at radius 1 is 0.774 bits per heavy atom. The van der Waals surface area contributed by atoms with Crippen LogP contribution in [-0.4, -0.2) is 59.0 Å². The molecule has 0 saturated carbocycles. The number of aliphatic imine (C=N–C) groups is 1. The third kappa shape index (κ3) is 15.3. The SMILES string of the molecule is C.C.CC.CC.CC.CC(C)(C)C1CN(C2=NCCS2)C1.CC(C)(C)N1CCCCC1. The largest absolute Gasteiger partial charge is 0.351 e. The van der Waals surface area contributed by atoms with E-state index in [1.165, 1.54) is 56.4 Å². The van der Waals surface area contributed by atoms with Crippen LogP contribution in [0.3, 0.4) is 0 Å². The summed E-state index contributed by atoms with van der Waals surface area (Å²) >= 11 is 1.91. The molecule has 4 heteroatoms. The van der Waals surface area contributed by atoms with Crippen LogP contribution >= 0.6 is 11.8 Å². The summed E-state index contributed by atoms with van der Waals surface area (Å²) in [5.41, 5.74) is 0.876. The number of piperidine rings is 1.